The van der Waals surface area contributed by atoms with E-state index in [-0.39, 0.29) is 11.6 Å². The zero-order valence-electron chi connectivity index (χ0n) is 9.34. The van der Waals surface area contributed by atoms with Crippen molar-refractivity contribution in [3.8, 4) is 0 Å². The van der Waals surface area contributed by atoms with E-state index in [1.807, 2.05) is 6.92 Å². The van der Waals surface area contributed by atoms with Crippen LogP contribution < -0.4 is 5.73 Å². The van der Waals surface area contributed by atoms with Crippen molar-refractivity contribution in [1.82, 2.24) is 0 Å². The van der Waals surface area contributed by atoms with E-state index in [1.165, 1.54) is 12.1 Å². The molecule has 3 N–H and O–H groups in total. The molecule has 0 amide bonds. The van der Waals surface area contributed by atoms with Crippen LogP contribution in [-0.2, 0) is 6.42 Å². The Morgan fingerprint density at radius 1 is 1.50 bits per heavy atom. The smallest absolute Gasteiger partial charge is 0.141 e. The summed E-state index contributed by atoms with van der Waals surface area (Å²) in [7, 11) is 0. The lowest BCUT2D eigenvalue weighted by Crippen LogP contribution is -2.39. The molecule has 1 unspecified atom stereocenters. The molecule has 0 fully saturated rings. The van der Waals surface area contributed by atoms with Gasteiger partial charge in [0.15, 0.2) is 0 Å². The predicted octanol–water partition coefficient (Wildman–Crippen LogP) is 2.51. The van der Waals surface area contributed by atoms with Gasteiger partial charge in [0.05, 0.1) is 10.6 Å². The Kier molecular flexibility index (Phi) is 4.71. The van der Waals surface area contributed by atoms with Crippen molar-refractivity contribution >= 4 is 11.6 Å². The van der Waals surface area contributed by atoms with Gasteiger partial charge in [-0.05, 0) is 24.1 Å². The molecular formula is C12H17ClFNO. The summed E-state index contributed by atoms with van der Waals surface area (Å²) in [5, 5.41) is 10.2. The molecule has 0 saturated heterocycles. The summed E-state index contributed by atoms with van der Waals surface area (Å²) in [6, 6.07) is 4.46. The van der Waals surface area contributed by atoms with Crippen molar-refractivity contribution < 1.29 is 9.50 Å². The summed E-state index contributed by atoms with van der Waals surface area (Å²) in [4.78, 5) is 0. The Morgan fingerprint density at radius 3 is 2.69 bits per heavy atom. The molecule has 1 aromatic rings. The molecule has 2 nitrogen and oxygen atoms in total. The number of nitrogens with two attached hydrogens (primary N) is 1. The zero-order valence-corrected chi connectivity index (χ0v) is 10.1. The molecule has 1 aromatic carbocycles. The molecule has 4 heteroatoms. The molecule has 90 valence electrons. The van der Waals surface area contributed by atoms with Crippen LogP contribution in [0.15, 0.2) is 18.2 Å². The Bertz CT molecular complexity index is 359. The van der Waals surface area contributed by atoms with Crippen LogP contribution in [0, 0.1) is 5.82 Å². The SMILES string of the molecule is CCCC(O)(CN)Cc1ccc(F)c(Cl)c1. The van der Waals surface area contributed by atoms with Gasteiger partial charge in [-0.15, -0.1) is 0 Å². The van der Waals surface area contributed by atoms with Crippen molar-refractivity contribution in [3.63, 3.8) is 0 Å². The Hall–Kier alpha value is -0.640. The van der Waals surface area contributed by atoms with Crippen LogP contribution >= 0.6 is 11.6 Å². The van der Waals surface area contributed by atoms with Crippen LogP contribution in [0.2, 0.25) is 5.02 Å². The summed E-state index contributed by atoms with van der Waals surface area (Å²) in [6.07, 6.45) is 1.87. The molecule has 0 aliphatic rings. The molecule has 16 heavy (non-hydrogen) atoms. The highest BCUT2D eigenvalue weighted by molar-refractivity contribution is 6.30. The van der Waals surface area contributed by atoms with Gasteiger partial charge in [0.1, 0.15) is 5.82 Å². The number of hydrogen-bond donors (Lipinski definition) is 2. The minimum atomic E-state index is -0.921. The van der Waals surface area contributed by atoms with Gasteiger partial charge in [0.25, 0.3) is 0 Å². The van der Waals surface area contributed by atoms with Crippen molar-refractivity contribution in [2.75, 3.05) is 6.54 Å². The van der Waals surface area contributed by atoms with Gasteiger partial charge < -0.3 is 10.8 Å². The van der Waals surface area contributed by atoms with E-state index in [1.54, 1.807) is 6.07 Å². The van der Waals surface area contributed by atoms with E-state index in [0.29, 0.717) is 12.8 Å². The molecule has 0 aliphatic carbocycles. The largest absolute Gasteiger partial charge is 0.388 e. The molecule has 0 aromatic heterocycles. The summed E-state index contributed by atoms with van der Waals surface area (Å²) in [5.74, 6) is -0.447. The molecule has 1 atom stereocenters. The van der Waals surface area contributed by atoms with E-state index in [4.69, 9.17) is 17.3 Å². The fourth-order valence-electron chi connectivity index (χ4n) is 1.76. The lowest BCUT2D eigenvalue weighted by Gasteiger charge is -2.26. The minimum absolute atomic E-state index is 0.0772. The van der Waals surface area contributed by atoms with E-state index in [0.717, 1.165) is 12.0 Å². The number of aliphatic hydroxyl groups is 1. The van der Waals surface area contributed by atoms with Crippen molar-refractivity contribution in [2.45, 2.75) is 31.8 Å². The summed E-state index contributed by atoms with van der Waals surface area (Å²) in [5.41, 5.74) is 5.43. The quantitative estimate of drug-likeness (QED) is 0.837. The summed E-state index contributed by atoms with van der Waals surface area (Å²) < 4.78 is 12.9. The van der Waals surface area contributed by atoms with Crippen molar-refractivity contribution in [2.24, 2.45) is 5.73 Å². The fourth-order valence-corrected chi connectivity index (χ4v) is 1.96. The summed E-state index contributed by atoms with van der Waals surface area (Å²) in [6.45, 7) is 2.17. The van der Waals surface area contributed by atoms with E-state index in [2.05, 4.69) is 0 Å². The van der Waals surface area contributed by atoms with Gasteiger partial charge in [-0.2, -0.15) is 0 Å². The Morgan fingerprint density at radius 2 is 2.19 bits per heavy atom. The maximum absolute atomic E-state index is 12.9. The second-order valence-electron chi connectivity index (χ2n) is 4.10. The van der Waals surface area contributed by atoms with Crippen molar-refractivity contribution in [1.29, 1.82) is 0 Å². The number of rotatable bonds is 5. The topological polar surface area (TPSA) is 46.2 Å². The highest BCUT2D eigenvalue weighted by atomic mass is 35.5. The van der Waals surface area contributed by atoms with E-state index in [9.17, 15) is 9.50 Å². The first-order valence-corrected chi connectivity index (χ1v) is 5.75. The molecule has 0 saturated carbocycles. The molecule has 1 rings (SSSR count). The van der Waals surface area contributed by atoms with Crippen LogP contribution in [0.4, 0.5) is 4.39 Å². The lowest BCUT2D eigenvalue weighted by molar-refractivity contribution is 0.0399. The molecule has 0 heterocycles. The first-order valence-electron chi connectivity index (χ1n) is 5.37. The maximum Gasteiger partial charge on any atom is 0.141 e. The van der Waals surface area contributed by atoms with Gasteiger partial charge >= 0.3 is 0 Å². The lowest BCUT2D eigenvalue weighted by atomic mass is 9.90. The minimum Gasteiger partial charge on any atom is -0.388 e. The monoisotopic (exact) mass is 245 g/mol. The van der Waals surface area contributed by atoms with Gasteiger partial charge in [0.2, 0.25) is 0 Å². The maximum atomic E-state index is 12.9. The van der Waals surface area contributed by atoms with Crippen LogP contribution in [0.5, 0.6) is 0 Å². The van der Waals surface area contributed by atoms with Crippen LogP contribution in [0.25, 0.3) is 0 Å². The van der Waals surface area contributed by atoms with Gasteiger partial charge in [-0.3, -0.25) is 0 Å². The predicted molar refractivity (Wildman–Crippen MR) is 64.0 cm³/mol. The standard InChI is InChI=1S/C12H17ClFNO/c1-2-5-12(16,8-15)7-9-3-4-11(14)10(13)6-9/h3-4,6,16H,2,5,7-8,15H2,1H3. The first-order chi connectivity index (χ1) is 7.50. The Balaban J connectivity index is 2.81. The first kappa shape index (κ1) is 13.4. The number of benzene rings is 1. The number of hydrogen-bond acceptors (Lipinski definition) is 2. The van der Waals surface area contributed by atoms with Crippen LogP contribution in [0.3, 0.4) is 0 Å². The van der Waals surface area contributed by atoms with Gasteiger partial charge in [-0.25, -0.2) is 4.39 Å². The zero-order chi connectivity index (χ0) is 12.2. The van der Waals surface area contributed by atoms with Gasteiger partial charge in [0, 0.05) is 13.0 Å². The summed E-state index contributed by atoms with van der Waals surface area (Å²) >= 11 is 5.68. The van der Waals surface area contributed by atoms with Crippen LogP contribution in [-0.4, -0.2) is 17.3 Å². The Labute approximate surface area is 100 Å². The molecule has 0 aliphatic heterocycles. The fraction of sp³-hybridized carbons (Fsp3) is 0.500. The van der Waals surface area contributed by atoms with Gasteiger partial charge in [-0.1, -0.05) is 31.0 Å². The highest BCUT2D eigenvalue weighted by Gasteiger charge is 2.24. The molecule has 0 spiro atoms. The molecular weight excluding hydrogens is 229 g/mol. The van der Waals surface area contributed by atoms with E-state index < -0.39 is 11.4 Å². The average molecular weight is 246 g/mol. The van der Waals surface area contributed by atoms with Crippen LogP contribution in [0.1, 0.15) is 25.3 Å². The number of halogens is 2. The highest BCUT2D eigenvalue weighted by Crippen LogP contribution is 2.22. The average Bonchev–Trinajstić information content (AvgIpc) is 2.24. The van der Waals surface area contributed by atoms with Crippen molar-refractivity contribution in [3.05, 3.63) is 34.6 Å². The van der Waals surface area contributed by atoms with E-state index >= 15 is 0 Å². The third-order valence-electron chi connectivity index (χ3n) is 2.61. The third-order valence-corrected chi connectivity index (χ3v) is 2.90. The second kappa shape index (κ2) is 5.62. The third kappa shape index (κ3) is 3.44. The molecule has 0 radical (unpaired) electrons. The second-order valence-corrected chi connectivity index (χ2v) is 4.51. The normalized spacial score (nSPS) is 14.8. The molecule has 0 bridgehead atoms.